The van der Waals surface area contributed by atoms with Crippen molar-refractivity contribution in [3.63, 3.8) is 0 Å². The van der Waals surface area contributed by atoms with Crippen LogP contribution in [0.4, 0.5) is 0 Å². The van der Waals surface area contributed by atoms with Crippen molar-refractivity contribution in [2.24, 2.45) is 0 Å². The number of carboxylic acid groups (broad SMARTS) is 1. The second-order valence-electron chi connectivity index (χ2n) is 2.82. The number of rotatable bonds is 4. The van der Waals surface area contributed by atoms with Gasteiger partial charge in [0.1, 0.15) is 11.5 Å². The minimum absolute atomic E-state index is 0. The van der Waals surface area contributed by atoms with Crippen LogP contribution in [0.2, 0.25) is 0 Å². The van der Waals surface area contributed by atoms with Crippen molar-refractivity contribution < 1.29 is 68.8 Å². The summed E-state index contributed by atoms with van der Waals surface area (Å²) in [6, 6.07) is 5.17. The molecule has 0 bridgehead atoms. The number of carboxylic acids is 1. The number of ether oxygens (including phenoxy) is 2. The molecule has 0 aliphatic heterocycles. The van der Waals surface area contributed by atoms with E-state index in [2.05, 4.69) is 0 Å². The first-order valence-electron chi connectivity index (χ1n) is 4.30. The van der Waals surface area contributed by atoms with Crippen molar-refractivity contribution in [1.29, 1.82) is 0 Å². The van der Waals surface area contributed by atoms with Crippen molar-refractivity contribution in [3.8, 4) is 11.5 Å². The largest absolute Gasteiger partial charge is 0.497 e. The smallest absolute Gasteiger partial charge is 0.328 e. The normalized spacial score (nSPS) is 9.62. The van der Waals surface area contributed by atoms with E-state index in [-0.39, 0.29) is 49.4 Å². The Hall–Kier alpha value is -0.386. The molecule has 16 heavy (non-hydrogen) atoms. The van der Waals surface area contributed by atoms with Crippen molar-refractivity contribution in [3.05, 3.63) is 29.8 Å². The number of methoxy groups -OCH3 is 2. The van der Waals surface area contributed by atoms with Crippen molar-refractivity contribution in [2.75, 3.05) is 14.2 Å². The summed E-state index contributed by atoms with van der Waals surface area (Å²) >= 11 is 0. The SMILES string of the molecule is COc1cc(C=CC(=O)O)cc(OC)c1.[Eu]. The molecule has 1 aromatic carbocycles. The molecule has 1 N–H and O–H groups in total. The standard InChI is InChI=1S/C11H12O4.Eu/c1-14-9-5-8(3-4-11(12)13)6-10(7-9)15-2;/h3-7H,1-2H3,(H,12,13);. The van der Waals surface area contributed by atoms with Crippen LogP contribution in [0.5, 0.6) is 11.5 Å². The summed E-state index contributed by atoms with van der Waals surface area (Å²) in [5.74, 6) is 0.260. The molecule has 0 unspecified atom stereocenters. The first-order chi connectivity index (χ1) is 7.15. The Kier molecular flexibility index (Phi) is 7.63. The first kappa shape index (κ1) is 15.6. The molecule has 0 aliphatic rings. The Labute approximate surface area is 135 Å². The molecule has 1 rings (SSSR count). The van der Waals surface area contributed by atoms with Crippen molar-refractivity contribution >= 4 is 12.0 Å². The van der Waals surface area contributed by atoms with E-state index in [1.165, 1.54) is 6.08 Å². The summed E-state index contributed by atoms with van der Waals surface area (Å²) < 4.78 is 10.1. The van der Waals surface area contributed by atoms with Crippen LogP contribution in [0.15, 0.2) is 24.3 Å². The van der Waals surface area contributed by atoms with Gasteiger partial charge in [0.2, 0.25) is 0 Å². The minimum atomic E-state index is -0.989. The third kappa shape index (κ3) is 5.10. The van der Waals surface area contributed by atoms with Gasteiger partial charge in [-0.05, 0) is 23.8 Å². The fraction of sp³-hybridized carbons (Fsp3) is 0.182. The predicted molar refractivity (Wildman–Crippen MR) is 56.2 cm³/mol. The first-order valence-corrected chi connectivity index (χ1v) is 4.30. The summed E-state index contributed by atoms with van der Waals surface area (Å²) in [4.78, 5) is 10.3. The van der Waals surface area contributed by atoms with Gasteiger partial charge in [-0.15, -0.1) is 0 Å². The van der Waals surface area contributed by atoms with E-state index in [1.807, 2.05) is 0 Å². The zero-order valence-corrected chi connectivity index (χ0v) is 11.4. The van der Waals surface area contributed by atoms with E-state index < -0.39 is 5.97 Å². The number of hydrogen-bond donors (Lipinski definition) is 1. The van der Waals surface area contributed by atoms with Gasteiger partial charge in [-0.3, -0.25) is 0 Å². The molecule has 0 spiro atoms. The zero-order valence-electron chi connectivity index (χ0n) is 8.94. The van der Waals surface area contributed by atoms with E-state index in [9.17, 15) is 4.79 Å². The van der Waals surface area contributed by atoms with Crippen LogP contribution in [0.25, 0.3) is 6.08 Å². The molecule has 4 nitrogen and oxygen atoms in total. The Morgan fingerprint density at radius 2 is 1.69 bits per heavy atom. The summed E-state index contributed by atoms with van der Waals surface area (Å²) in [5, 5.41) is 8.48. The summed E-state index contributed by atoms with van der Waals surface area (Å²) in [7, 11) is 3.08. The van der Waals surface area contributed by atoms with Gasteiger partial charge in [-0.2, -0.15) is 0 Å². The molecule has 1 radical (unpaired) electrons. The van der Waals surface area contributed by atoms with Crippen LogP contribution < -0.4 is 9.47 Å². The molecular weight excluding hydrogens is 348 g/mol. The van der Waals surface area contributed by atoms with Gasteiger partial charge in [-0.1, -0.05) is 0 Å². The van der Waals surface area contributed by atoms with Crippen LogP contribution >= 0.6 is 0 Å². The molecule has 0 fully saturated rings. The molecular formula is C11H12EuO4. The Balaban J connectivity index is 0.00000225. The Morgan fingerprint density at radius 1 is 1.19 bits per heavy atom. The maximum Gasteiger partial charge on any atom is 0.328 e. The molecule has 5 heteroatoms. The molecule has 0 heterocycles. The Morgan fingerprint density at radius 3 is 2.06 bits per heavy atom. The van der Waals surface area contributed by atoms with Crippen molar-refractivity contribution in [1.82, 2.24) is 0 Å². The summed E-state index contributed by atoms with van der Waals surface area (Å²) in [6.07, 6.45) is 2.54. The van der Waals surface area contributed by atoms with Gasteiger partial charge < -0.3 is 14.6 Å². The van der Waals surface area contributed by atoms with E-state index in [1.54, 1.807) is 32.4 Å². The van der Waals surface area contributed by atoms with Gasteiger partial charge >= 0.3 is 5.97 Å². The fourth-order valence-electron chi connectivity index (χ4n) is 1.09. The summed E-state index contributed by atoms with van der Waals surface area (Å²) in [5.41, 5.74) is 0.716. The van der Waals surface area contributed by atoms with Crippen molar-refractivity contribution in [2.45, 2.75) is 0 Å². The third-order valence-electron chi connectivity index (χ3n) is 1.79. The van der Waals surface area contributed by atoms with Crippen LogP contribution in [-0.4, -0.2) is 25.3 Å². The topological polar surface area (TPSA) is 55.8 Å². The second-order valence-corrected chi connectivity index (χ2v) is 2.82. The van der Waals surface area contributed by atoms with Crippen LogP contribution in [-0.2, 0) is 4.79 Å². The van der Waals surface area contributed by atoms with E-state index in [4.69, 9.17) is 14.6 Å². The van der Waals surface area contributed by atoms with E-state index in [0.29, 0.717) is 17.1 Å². The van der Waals surface area contributed by atoms with E-state index in [0.717, 1.165) is 6.08 Å². The van der Waals surface area contributed by atoms with Gasteiger partial charge in [-0.25, -0.2) is 4.79 Å². The molecule has 0 aliphatic carbocycles. The zero-order chi connectivity index (χ0) is 11.3. The number of aliphatic carboxylic acids is 1. The maximum atomic E-state index is 10.3. The third-order valence-corrected chi connectivity index (χ3v) is 1.79. The number of carbonyl (C=O) groups is 1. The van der Waals surface area contributed by atoms with Gasteiger partial charge in [0.05, 0.1) is 14.2 Å². The fourth-order valence-corrected chi connectivity index (χ4v) is 1.09. The number of benzene rings is 1. The molecule has 0 atom stereocenters. The van der Waals surface area contributed by atoms with Gasteiger partial charge in [0.25, 0.3) is 0 Å². The molecule has 0 amide bonds. The second kappa shape index (κ2) is 7.82. The maximum absolute atomic E-state index is 10.3. The summed E-state index contributed by atoms with van der Waals surface area (Å²) in [6.45, 7) is 0. The molecule has 0 saturated carbocycles. The average Bonchev–Trinajstić information content (AvgIpc) is 2.25. The predicted octanol–water partition coefficient (Wildman–Crippen LogP) is 1.80. The van der Waals surface area contributed by atoms with Gasteiger partial charge in [0.15, 0.2) is 0 Å². The molecule has 87 valence electrons. The van der Waals surface area contributed by atoms with Crippen LogP contribution in [0.3, 0.4) is 0 Å². The average molecular weight is 360 g/mol. The van der Waals surface area contributed by atoms with Gasteiger partial charge in [0, 0.05) is 61.5 Å². The number of hydrogen-bond acceptors (Lipinski definition) is 3. The monoisotopic (exact) mass is 361 g/mol. The molecule has 0 saturated heterocycles. The Bertz CT molecular complexity index is 365. The molecule has 1 aromatic rings. The van der Waals surface area contributed by atoms with E-state index >= 15 is 0 Å². The minimum Gasteiger partial charge on any atom is -0.497 e. The quantitative estimate of drug-likeness (QED) is 0.833. The van der Waals surface area contributed by atoms with Crippen LogP contribution in [0.1, 0.15) is 5.56 Å². The molecule has 0 aromatic heterocycles. The van der Waals surface area contributed by atoms with Crippen LogP contribution in [0, 0.1) is 49.4 Å².